The first-order chi connectivity index (χ1) is 9.41. The Balaban J connectivity index is 0.00000400. The number of ether oxygens (including phenoxy) is 1. The number of carbonyl (C=O) groups is 1. The zero-order valence-corrected chi connectivity index (χ0v) is 14.5. The quantitative estimate of drug-likeness (QED) is 0.671. The molecule has 21 heavy (non-hydrogen) atoms. The Hall–Kier alpha value is -0.820. The average Bonchev–Trinajstić information content (AvgIpc) is 2.42. The molecule has 0 spiro atoms. The van der Waals surface area contributed by atoms with Crippen LogP contribution in [-0.2, 0) is 4.79 Å². The topological polar surface area (TPSA) is 84.6 Å². The van der Waals surface area contributed by atoms with E-state index in [0.717, 1.165) is 4.47 Å². The van der Waals surface area contributed by atoms with Crippen LogP contribution in [0.15, 0.2) is 28.7 Å². The van der Waals surface area contributed by atoms with E-state index < -0.39 is 12.1 Å². The van der Waals surface area contributed by atoms with E-state index in [1.165, 1.54) is 0 Å². The SMILES string of the molecule is CC(C)[C@H](N)C(=O)NCC(O)COc1ccccc1Br.Cl. The molecule has 1 unspecified atom stereocenters. The Morgan fingerprint density at radius 3 is 2.62 bits per heavy atom. The van der Waals surface area contributed by atoms with Crippen molar-refractivity contribution in [2.24, 2.45) is 11.7 Å². The van der Waals surface area contributed by atoms with Crippen LogP contribution >= 0.6 is 28.3 Å². The normalized spacial score (nSPS) is 13.2. The van der Waals surface area contributed by atoms with Crippen molar-refractivity contribution in [3.63, 3.8) is 0 Å². The summed E-state index contributed by atoms with van der Waals surface area (Å²) in [7, 11) is 0. The van der Waals surface area contributed by atoms with Gasteiger partial charge in [-0.1, -0.05) is 26.0 Å². The van der Waals surface area contributed by atoms with Crippen molar-refractivity contribution in [3.8, 4) is 5.75 Å². The summed E-state index contributed by atoms with van der Waals surface area (Å²) in [6.07, 6.45) is -0.787. The molecule has 120 valence electrons. The number of hydrogen-bond donors (Lipinski definition) is 3. The Morgan fingerprint density at radius 2 is 2.05 bits per heavy atom. The van der Waals surface area contributed by atoms with Crippen LogP contribution in [0.2, 0.25) is 0 Å². The van der Waals surface area contributed by atoms with Crippen LogP contribution in [0.3, 0.4) is 0 Å². The smallest absolute Gasteiger partial charge is 0.237 e. The minimum Gasteiger partial charge on any atom is -0.490 e. The van der Waals surface area contributed by atoms with Crippen LogP contribution in [0.25, 0.3) is 0 Å². The predicted octanol–water partition coefficient (Wildman–Crippen LogP) is 1.71. The van der Waals surface area contributed by atoms with E-state index in [-0.39, 0.29) is 37.4 Å². The molecule has 5 nitrogen and oxygen atoms in total. The number of amides is 1. The third-order valence-corrected chi connectivity index (χ3v) is 3.46. The molecule has 0 saturated heterocycles. The van der Waals surface area contributed by atoms with Crippen LogP contribution in [0, 0.1) is 5.92 Å². The molecular formula is C14H22BrClN2O3. The number of hydrogen-bond acceptors (Lipinski definition) is 4. The van der Waals surface area contributed by atoms with Crippen LogP contribution in [0.1, 0.15) is 13.8 Å². The van der Waals surface area contributed by atoms with Crippen molar-refractivity contribution >= 4 is 34.2 Å². The first-order valence-electron chi connectivity index (χ1n) is 6.50. The Labute approximate surface area is 139 Å². The second-order valence-corrected chi connectivity index (χ2v) is 5.76. The maximum Gasteiger partial charge on any atom is 0.237 e. The number of aliphatic hydroxyl groups is 1. The number of benzene rings is 1. The molecule has 7 heteroatoms. The maximum atomic E-state index is 11.6. The number of nitrogens with two attached hydrogens (primary N) is 1. The van der Waals surface area contributed by atoms with Gasteiger partial charge in [-0.25, -0.2) is 0 Å². The lowest BCUT2D eigenvalue weighted by Gasteiger charge is -2.18. The summed E-state index contributed by atoms with van der Waals surface area (Å²) in [5.74, 6) is 0.445. The average molecular weight is 382 g/mol. The van der Waals surface area contributed by atoms with Crippen LogP contribution in [0.4, 0.5) is 0 Å². The first kappa shape index (κ1) is 20.2. The second-order valence-electron chi connectivity index (χ2n) is 4.91. The first-order valence-corrected chi connectivity index (χ1v) is 7.29. The Morgan fingerprint density at radius 1 is 1.43 bits per heavy atom. The zero-order valence-electron chi connectivity index (χ0n) is 12.1. The highest BCUT2D eigenvalue weighted by atomic mass is 79.9. The van der Waals surface area contributed by atoms with Gasteiger partial charge in [0.25, 0.3) is 0 Å². The van der Waals surface area contributed by atoms with E-state index in [4.69, 9.17) is 10.5 Å². The summed E-state index contributed by atoms with van der Waals surface area (Å²) < 4.78 is 6.28. The van der Waals surface area contributed by atoms with Crippen molar-refractivity contribution in [3.05, 3.63) is 28.7 Å². The third-order valence-electron chi connectivity index (χ3n) is 2.80. The van der Waals surface area contributed by atoms with Crippen LogP contribution < -0.4 is 15.8 Å². The molecule has 0 radical (unpaired) electrons. The van der Waals surface area contributed by atoms with Gasteiger partial charge in [0.05, 0.1) is 10.5 Å². The second kappa shape index (κ2) is 10.00. The number of nitrogens with one attached hydrogen (secondary N) is 1. The summed E-state index contributed by atoms with van der Waals surface area (Å²) in [6, 6.07) is 6.80. The van der Waals surface area contributed by atoms with Crippen molar-refractivity contribution in [2.75, 3.05) is 13.2 Å². The Kier molecular flexibility index (Phi) is 9.61. The summed E-state index contributed by atoms with van der Waals surface area (Å²) in [6.45, 7) is 3.96. The minimum atomic E-state index is -0.787. The lowest BCUT2D eigenvalue weighted by atomic mass is 10.1. The van der Waals surface area contributed by atoms with Gasteiger partial charge in [0, 0.05) is 6.54 Å². The highest BCUT2D eigenvalue weighted by molar-refractivity contribution is 9.10. The van der Waals surface area contributed by atoms with E-state index in [9.17, 15) is 9.90 Å². The molecule has 0 aromatic heterocycles. The number of para-hydroxylation sites is 1. The lowest BCUT2D eigenvalue weighted by molar-refractivity contribution is -0.123. The van der Waals surface area contributed by atoms with Gasteiger partial charge in [-0.05, 0) is 34.0 Å². The van der Waals surface area contributed by atoms with Crippen molar-refractivity contribution in [1.29, 1.82) is 0 Å². The highest BCUT2D eigenvalue weighted by Gasteiger charge is 2.18. The fourth-order valence-corrected chi connectivity index (χ4v) is 1.84. The summed E-state index contributed by atoms with van der Waals surface area (Å²) >= 11 is 3.35. The van der Waals surface area contributed by atoms with Gasteiger partial charge >= 0.3 is 0 Å². The molecule has 1 amide bonds. The van der Waals surface area contributed by atoms with Gasteiger partial charge < -0.3 is 20.9 Å². The molecule has 1 aromatic carbocycles. The third kappa shape index (κ3) is 7.13. The van der Waals surface area contributed by atoms with E-state index in [1.807, 2.05) is 32.0 Å². The molecule has 0 aliphatic heterocycles. The molecule has 0 heterocycles. The van der Waals surface area contributed by atoms with Crippen LogP contribution in [0.5, 0.6) is 5.75 Å². The zero-order chi connectivity index (χ0) is 15.1. The van der Waals surface area contributed by atoms with Gasteiger partial charge in [0.1, 0.15) is 18.5 Å². The monoisotopic (exact) mass is 380 g/mol. The van der Waals surface area contributed by atoms with Gasteiger partial charge in [0.2, 0.25) is 5.91 Å². The number of halogens is 2. The van der Waals surface area contributed by atoms with E-state index in [2.05, 4.69) is 21.2 Å². The largest absolute Gasteiger partial charge is 0.490 e. The standard InChI is InChI=1S/C14H21BrN2O3.ClH/c1-9(2)13(16)14(19)17-7-10(18)8-20-12-6-4-3-5-11(12)15;/h3-6,9-10,13,18H,7-8,16H2,1-2H3,(H,17,19);1H/t10?,13-;/m0./s1. The highest BCUT2D eigenvalue weighted by Crippen LogP contribution is 2.23. The number of rotatable bonds is 7. The fourth-order valence-electron chi connectivity index (χ4n) is 1.45. The maximum absolute atomic E-state index is 11.6. The fraction of sp³-hybridized carbons (Fsp3) is 0.500. The summed E-state index contributed by atoms with van der Waals surface area (Å²) in [5.41, 5.74) is 5.70. The molecule has 0 saturated carbocycles. The summed E-state index contributed by atoms with van der Waals surface area (Å²) in [4.78, 5) is 11.6. The molecule has 4 N–H and O–H groups in total. The minimum absolute atomic E-state index is 0. The predicted molar refractivity (Wildman–Crippen MR) is 88.7 cm³/mol. The summed E-state index contributed by atoms with van der Waals surface area (Å²) in [5, 5.41) is 12.4. The molecular weight excluding hydrogens is 360 g/mol. The van der Waals surface area contributed by atoms with Crippen molar-refractivity contribution < 1.29 is 14.6 Å². The van der Waals surface area contributed by atoms with Crippen molar-refractivity contribution in [2.45, 2.75) is 26.0 Å². The van der Waals surface area contributed by atoms with Gasteiger partial charge in [-0.15, -0.1) is 12.4 Å². The molecule has 0 aliphatic carbocycles. The molecule has 1 rings (SSSR count). The van der Waals surface area contributed by atoms with Gasteiger partial charge in [-0.2, -0.15) is 0 Å². The number of aliphatic hydroxyl groups excluding tert-OH is 1. The lowest BCUT2D eigenvalue weighted by Crippen LogP contribution is -2.46. The van der Waals surface area contributed by atoms with Gasteiger partial charge in [0.15, 0.2) is 0 Å². The Bertz CT molecular complexity index is 446. The molecule has 0 fully saturated rings. The van der Waals surface area contributed by atoms with E-state index in [0.29, 0.717) is 5.75 Å². The molecule has 1 aromatic rings. The van der Waals surface area contributed by atoms with E-state index in [1.54, 1.807) is 6.07 Å². The van der Waals surface area contributed by atoms with E-state index >= 15 is 0 Å². The molecule has 2 atom stereocenters. The van der Waals surface area contributed by atoms with Crippen LogP contribution in [-0.4, -0.2) is 36.3 Å². The van der Waals surface area contributed by atoms with Crippen molar-refractivity contribution in [1.82, 2.24) is 5.32 Å². The molecule has 0 bridgehead atoms. The van der Waals surface area contributed by atoms with Gasteiger partial charge in [-0.3, -0.25) is 4.79 Å². The molecule has 0 aliphatic rings. The number of carbonyl (C=O) groups excluding carboxylic acids is 1.